The van der Waals surface area contributed by atoms with Crippen molar-refractivity contribution in [2.24, 2.45) is 0 Å². The van der Waals surface area contributed by atoms with E-state index in [9.17, 15) is 4.79 Å². The molecule has 1 heterocycles. The van der Waals surface area contributed by atoms with Crippen molar-refractivity contribution < 1.29 is 18.8 Å². The molecule has 5 nitrogen and oxygen atoms in total. The van der Waals surface area contributed by atoms with Gasteiger partial charge in [0.1, 0.15) is 5.60 Å². The van der Waals surface area contributed by atoms with E-state index in [0.29, 0.717) is 6.54 Å². The molecule has 0 aliphatic carbocycles. The molecule has 2 rings (SSSR count). The summed E-state index contributed by atoms with van der Waals surface area (Å²) in [5.74, 6) is 0. The molecule has 0 spiro atoms. The van der Waals surface area contributed by atoms with Gasteiger partial charge in [0.25, 0.3) is 0 Å². The second kappa shape index (κ2) is 7.45. The van der Waals surface area contributed by atoms with Gasteiger partial charge in [-0.1, -0.05) is 36.4 Å². The normalized spacial score (nSPS) is 19.0. The second-order valence-electron chi connectivity index (χ2n) is 8.54. The highest BCUT2D eigenvalue weighted by atomic mass is 16.7. The van der Waals surface area contributed by atoms with E-state index in [0.717, 1.165) is 11.0 Å². The smallest absolute Gasteiger partial charge is 0.444 e. The first-order valence-corrected chi connectivity index (χ1v) is 8.99. The van der Waals surface area contributed by atoms with Crippen LogP contribution in [0.3, 0.4) is 0 Å². The number of benzene rings is 1. The van der Waals surface area contributed by atoms with Crippen LogP contribution in [0.5, 0.6) is 0 Å². The Bertz CT molecular complexity index is 643. The zero-order valence-electron chi connectivity index (χ0n) is 16.9. The van der Waals surface area contributed by atoms with Crippen LogP contribution in [-0.2, 0) is 14.0 Å². The average molecular weight is 359 g/mol. The van der Waals surface area contributed by atoms with E-state index in [1.807, 2.05) is 84.9 Å². The van der Waals surface area contributed by atoms with E-state index in [4.69, 9.17) is 14.0 Å². The maximum Gasteiger partial charge on any atom is 0.494 e. The van der Waals surface area contributed by atoms with Crippen LogP contribution in [0.2, 0.25) is 0 Å². The monoisotopic (exact) mass is 359 g/mol. The fraction of sp³-hybridized carbons (Fsp3) is 0.550. The lowest BCUT2D eigenvalue weighted by molar-refractivity contribution is 0.00578. The highest BCUT2D eigenvalue weighted by Crippen LogP contribution is 2.36. The number of rotatable bonds is 4. The summed E-state index contributed by atoms with van der Waals surface area (Å²) in [6.07, 6.45) is 3.41. The van der Waals surface area contributed by atoms with Gasteiger partial charge < -0.3 is 19.4 Å². The van der Waals surface area contributed by atoms with E-state index >= 15 is 0 Å². The molecule has 0 bridgehead atoms. The first-order valence-electron chi connectivity index (χ1n) is 8.99. The molecule has 1 fully saturated rings. The van der Waals surface area contributed by atoms with E-state index in [1.165, 1.54) is 0 Å². The van der Waals surface area contributed by atoms with Gasteiger partial charge in [0.15, 0.2) is 0 Å². The number of amides is 1. The van der Waals surface area contributed by atoms with Crippen LogP contribution >= 0.6 is 0 Å². The Hall–Kier alpha value is -1.79. The summed E-state index contributed by atoms with van der Waals surface area (Å²) in [7, 11) is -0.355. The summed E-state index contributed by atoms with van der Waals surface area (Å²) in [5.41, 5.74) is 0.855. The van der Waals surface area contributed by atoms with Crippen LogP contribution in [0, 0.1) is 0 Å². The maximum atomic E-state index is 11.6. The number of carbonyl (C=O) groups excluding carboxylic acids is 1. The maximum absolute atomic E-state index is 11.6. The fourth-order valence-corrected chi connectivity index (χ4v) is 2.39. The number of nitrogens with one attached hydrogen (secondary N) is 1. The minimum Gasteiger partial charge on any atom is -0.444 e. The molecule has 1 amide bonds. The Kier molecular flexibility index (Phi) is 5.88. The molecule has 0 aromatic heterocycles. The molecule has 0 unspecified atom stereocenters. The molecular weight excluding hydrogens is 329 g/mol. The molecule has 0 radical (unpaired) electrons. The van der Waals surface area contributed by atoms with Crippen LogP contribution in [0.15, 0.2) is 30.3 Å². The molecule has 1 aliphatic heterocycles. The number of hydrogen-bond acceptors (Lipinski definition) is 4. The van der Waals surface area contributed by atoms with E-state index in [1.54, 1.807) is 0 Å². The largest absolute Gasteiger partial charge is 0.494 e. The summed E-state index contributed by atoms with van der Waals surface area (Å²) < 4.78 is 17.3. The zero-order valence-corrected chi connectivity index (χ0v) is 16.9. The predicted molar refractivity (Wildman–Crippen MR) is 105 cm³/mol. The highest BCUT2D eigenvalue weighted by molar-refractivity contribution is 6.62. The SMILES string of the molecule is CC(C)(C)OC(=O)NCC=Cc1ccc(B2OC(C)(C)C(C)(C)O2)cc1. The molecule has 142 valence electrons. The third-order valence-electron chi connectivity index (χ3n) is 4.54. The highest BCUT2D eigenvalue weighted by Gasteiger charge is 2.51. The van der Waals surface area contributed by atoms with Crippen LogP contribution in [0.25, 0.3) is 6.08 Å². The van der Waals surface area contributed by atoms with Crippen LogP contribution in [-0.4, -0.2) is 36.6 Å². The minimum absolute atomic E-state index is 0.344. The van der Waals surface area contributed by atoms with Gasteiger partial charge in [-0.2, -0.15) is 0 Å². The lowest BCUT2D eigenvalue weighted by Gasteiger charge is -2.32. The van der Waals surface area contributed by atoms with Gasteiger partial charge in [0.2, 0.25) is 0 Å². The van der Waals surface area contributed by atoms with Crippen molar-refractivity contribution in [2.45, 2.75) is 65.3 Å². The van der Waals surface area contributed by atoms with Crippen molar-refractivity contribution >= 4 is 24.8 Å². The second-order valence-corrected chi connectivity index (χ2v) is 8.54. The van der Waals surface area contributed by atoms with E-state index in [-0.39, 0.29) is 18.3 Å². The lowest BCUT2D eigenvalue weighted by Crippen LogP contribution is -2.41. The first-order chi connectivity index (χ1) is 11.9. The Morgan fingerprint density at radius 2 is 1.65 bits per heavy atom. The molecule has 1 aromatic carbocycles. The van der Waals surface area contributed by atoms with Crippen molar-refractivity contribution in [3.8, 4) is 0 Å². The Morgan fingerprint density at radius 1 is 1.12 bits per heavy atom. The van der Waals surface area contributed by atoms with Crippen molar-refractivity contribution in [1.29, 1.82) is 0 Å². The molecule has 1 aromatic rings. The van der Waals surface area contributed by atoms with Gasteiger partial charge in [-0.15, -0.1) is 0 Å². The minimum atomic E-state index is -0.489. The van der Waals surface area contributed by atoms with Crippen LogP contribution in [0.1, 0.15) is 54.0 Å². The van der Waals surface area contributed by atoms with E-state index in [2.05, 4.69) is 5.32 Å². The number of carbonyl (C=O) groups is 1. The van der Waals surface area contributed by atoms with Gasteiger partial charge in [-0.05, 0) is 59.5 Å². The van der Waals surface area contributed by atoms with Gasteiger partial charge in [0, 0.05) is 6.54 Å². The lowest BCUT2D eigenvalue weighted by atomic mass is 9.79. The average Bonchev–Trinajstić information content (AvgIpc) is 2.71. The molecule has 1 aliphatic rings. The summed E-state index contributed by atoms with van der Waals surface area (Å²) in [6.45, 7) is 14.1. The van der Waals surface area contributed by atoms with Crippen molar-refractivity contribution in [2.75, 3.05) is 6.54 Å². The predicted octanol–water partition coefficient (Wildman–Crippen LogP) is 3.52. The third-order valence-corrected chi connectivity index (χ3v) is 4.54. The molecule has 0 atom stereocenters. The van der Waals surface area contributed by atoms with Gasteiger partial charge in [-0.3, -0.25) is 0 Å². The van der Waals surface area contributed by atoms with Crippen molar-refractivity contribution in [3.05, 3.63) is 35.9 Å². The summed E-state index contributed by atoms with van der Waals surface area (Å²) in [5, 5.41) is 2.70. The molecule has 26 heavy (non-hydrogen) atoms. The summed E-state index contributed by atoms with van der Waals surface area (Å²) >= 11 is 0. The molecule has 0 saturated carbocycles. The molecule has 1 saturated heterocycles. The molecule has 1 N–H and O–H groups in total. The zero-order chi connectivity index (χ0) is 19.6. The van der Waals surface area contributed by atoms with Crippen molar-refractivity contribution in [1.82, 2.24) is 5.32 Å². The van der Waals surface area contributed by atoms with Crippen molar-refractivity contribution in [3.63, 3.8) is 0 Å². The van der Waals surface area contributed by atoms with Gasteiger partial charge in [0.05, 0.1) is 11.2 Å². The number of hydrogen-bond donors (Lipinski definition) is 1. The Morgan fingerprint density at radius 3 is 2.15 bits per heavy atom. The van der Waals surface area contributed by atoms with Gasteiger partial charge >= 0.3 is 13.2 Å². The number of alkyl carbamates (subject to hydrolysis) is 1. The standard InChI is InChI=1S/C20H30BNO4/c1-18(2,3)24-17(23)22-14-8-9-15-10-12-16(13-11-15)21-25-19(4,5)20(6,7)26-21/h8-13H,14H2,1-7H3,(H,22,23). The molecule has 6 heteroatoms. The molecular formula is C20H30BNO4. The van der Waals surface area contributed by atoms with E-state index < -0.39 is 11.7 Å². The number of ether oxygens (including phenoxy) is 1. The Balaban J connectivity index is 1.87. The summed E-state index contributed by atoms with van der Waals surface area (Å²) in [6, 6.07) is 8.01. The van der Waals surface area contributed by atoms with Crippen LogP contribution in [0.4, 0.5) is 4.79 Å². The topological polar surface area (TPSA) is 56.8 Å². The quantitative estimate of drug-likeness (QED) is 0.836. The fourth-order valence-electron chi connectivity index (χ4n) is 2.39. The summed E-state index contributed by atoms with van der Waals surface area (Å²) in [4.78, 5) is 11.6. The Labute approximate surface area is 157 Å². The first kappa shape index (κ1) is 20.5. The van der Waals surface area contributed by atoms with Gasteiger partial charge in [-0.25, -0.2) is 4.79 Å². The van der Waals surface area contributed by atoms with Crippen LogP contribution < -0.4 is 10.8 Å². The third kappa shape index (κ3) is 5.35.